The van der Waals surface area contributed by atoms with Gasteiger partial charge in [0.15, 0.2) is 0 Å². The fraction of sp³-hybridized carbons (Fsp3) is 0.632. The van der Waals surface area contributed by atoms with E-state index < -0.39 is 11.7 Å². The second kappa shape index (κ2) is 8.48. The molecule has 2 fully saturated rings. The highest BCUT2D eigenvalue weighted by Crippen LogP contribution is 2.35. The van der Waals surface area contributed by atoms with Crippen molar-refractivity contribution in [2.75, 3.05) is 49.6 Å². The van der Waals surface area contributed by atoms with Gasteiger partial charge in [-0.1, -0.05) is 6.42 Å². The molecule has 2 aliphatic heterocycles. The fourth-order valence-corrected chi connectivity index (χ4v) is 3.66. The lowest BCUT2D eigenvalue weighted by molar-refractivity contribution is -0.137. The van der Waals surface area contributed by atoms with Crippen LogP contribution in [0.1, 0.15) is 31.7 Å². The van der Waals surface area contributed by atoms with Crippen molar-refractivity contribution in [2.24, 2.45) is 0 Å². The molecule has 27 heavy (non-hydrogen) atoms. The van der Waals surface area contributed by atoms with E-state index in [1.807, 2.05) is 4.90 Å². The molecule has 2 heterocycles. The highest BCUT2D eigenvalue weighted by Gasteiger charge is 2.32. The summed E-state index contributed by atoms with van der Waals surface area (Å²) in [5, 5.41) is 2.73. The zero-order valence-corrected chi connectivity index (χ0v) is 15.5. The third-order valence-corrected chi connectivity index (χ3v) is 5.24. The van der Waals surface area contributed by atoms with E-state index in [0.29, 0.717) is 38.0 Å². The lowest BCUT2D eigenvalue weighted by Crippen LogP contribution is -2.42. The topological polar surface area (TPSA) is 44.8 Å². The molecule has 0 bridgehead atoms. The molecule has 3 rings (SSSR count). The average molecular weight is 385 g/mol. The Morgan fingerprint density at radius 1 is 1.22 bits per heavy atom. The van der Waals surface area contributed by atoms with Gasteiger partial charge in [-0.15, -0.1) is 0 Å². The number of ether oxygens (including phenoxy) is 1. The highest BCUT2D eigenvalue weighted by molar-refractivity contribution is 5.95. The number of likely N-dealkylation sites (tertiary alicyclic amines) is 1. The zero-order valence-electron chi connectivity index (χ0n) is 15.5. The number of alkyl halides is 3. The molecule has 2 aliphatic rings. The van der Waals surface area contributed by atoms with E-state index >= 15 is 0 Å². The number of anilines is 2. The first kappa shape index (κ1) is 19.9. The molecule has 1 amide bonds. The number of carbonyl (C=O) groups is 1. The van der Waals surface area contributed by atoms with Crippen LogP contribution < -0.4 is 10.2 Å². The number of rotatable bonds is 4. The van der Waals surface area contributed by atoms with Crippen LogP contribution in [0.5, 0.6) is 0 Å². The fourth-order valence-electron chi connectivity index (χ4n) is 3.66. The third-order valence-electron chi connectivity index (χ3n) is 5.24. The van der Waals surface area contributed by atoms with Gasteiger partial charge in [-0.05, 0) is 44.5 Å². The molecule has 8 heteroatoms. The maximum absolute atomic E-state index is 13.1. The summed E-state index contributed by atoms with van der Waals surface area (Å²) in [6.45, 7) is 5.30. The number of halogens is 3. The van der Waals surface area contributed by atoms with E-state index in [1.165, 1.54) is 6.07 Å². The van der Waals surface area contributed by atoms with Gasteiger partial charge in [-0.3, -0.25) is 9.69 Å². The molecule has 150 valence electrons. The summed E-state index contributed by atoms with van der Waals surface area (Å²) < 4.78 is 44.8. The zero-order chi connectivity index (χ0) is 19.4. The lowest BCUT2D eigenvalue weighted by Gasteiger charge is -2.33. The van der Waals surface area contributed by atoms with Gasteiger partial charge >= 0.3 is 6.18 Å². The molecule has 1 atom stereocenters. The number of amides is 1. The van der Waals surface area contributed by atoms with Crippen LogP contribution in [-0.2, 0) is 15.7 Å². The average Bonchev–Trinajstić information content (AvgIpc) is 2.63. The number of benzene rings is 1. The molecular weight excluding hydrogens is 359 g/mol. The summed E-state index contributed by atoms with van der Waals surface area (Å²) >= 11 is 0. The van der Waals surface area contributed by atoms with Crippen LogP contribution >= 0.6 is 0 Å². The maximum Gasteiger partial charge on any atom is 0.416 e. The van der Waals surface area contributed by atoms with E-state index in [2.05, 4.69) is 17.1 Å². The van der Waals surface area contributed by atoms with Crippen LogP contribution in [0.4, 0.5) is 24.5 Å². The number of nitrogens with zero attached hydrogens (tertiary/aromatic N) is 2. The Morgan fingerprint density at radius 3 is 2.63 bits per heavy atom. The van der Waals surface area contributed by atoms with Crippen LogP contribution in [0.25, 0.3) is 0 Å². The minimum Gasteiger partial charge on any atom is -0.378 e. The van der Waals surface area contributed by atoms with E-state index in [9.17, 15) is 18.0 Å². The minimum absolute atomic E-state index is 0.194. The summed E-state index contributed by atoms with van der Waals surface area (Å²) in [7, 11) is 0. The third kappa shape index (κ3) is 5.13. The van der Waals surface area contributed by atoms with Gasteiger partial charge in [-0.25, -0.2) is 0 Å². The highest BCUT2D eigenvalue weighted by atomic mass is 19.4. The van der Waals surface area contributed by atoms with Gasteiger partial charge in [0.1, 0.15) is 0 Å². The van der Waals surface area contributed by atoms with E-state index in [-0.39, 0.29) is 18.1 Å². The Bertz CT molecular complexity index is 660. The second-order valence-electron chi connectivity index (χ2n) is 7.19. The molecule has 2 saturated heterocycles. The van der Waals surface area contributed by atoms with Crippen LogP contribution in [-0.4, -0.2) is 56.2 Å². The first-order valence-electron chi connectivity index (χ1n) is 9.42. The van der Waals surface area contributed by atoms with E-state index in [0.717, 1.165) is 37.9 Å². The lowest BCUT2D eigenvalue weighted by atomic mass is 10.0. The van der Waals surface area contributed by atoms with Gasteiger partial charge in [-0.2, -0.15) is 13.2 Å². The summed E-state index contributed by atoms with van der Waals surface area (Å²) in [5.74, 6) is -0.280. The first-order chi connectivity index (χ1) is 12.8. The van der Waals surface area contributed by atoms with Crippen molar-refractivity contribution < 1.29 is 22.7 Å². The predicted octanol–water partition coefficient (Wildman–Crippen LogP) is 3.35. The Kier molecular flexibility index (Phi) is 6.26. The Morgan fingerprint density at radius 2 is 1.96 bits per heavy atom. The number of hydrogen-bond donors (Lipinski definition) is 1. The number of hydrogen-bond acceptors (Lipinski definition) is 4. The van der Waals surface area contributed by atoms with Crippen LogP contribution in [0, 0.1) is 0 Å². The van der Waals surface area contributed by atoms with Gasteiger partial charge in [0, 0.05) is 19.1 Å². The van der Waals surface area contributed by atoms with Crippen LogP contribution in [0.15, 0.2) is 18.2 Å². The smallest absolute Gasteiger partial charge is 0.378 e. The number of nitrogens with one attached hydrogen (secondary N) is 1. The SMILES string of the molecule is C[C@H]1CCCCN1CC(=O)Nc1cc(C(F)(F)F)ccc1N1CCOCC1. The molecule has 0 aliphatic carbocycles. The predicted molar refractivity (Wildman–Crippen MR) is 98.0 cm³/mol. The summed E-state index contributed by atoms with van der Waals surface area (Å²) in [5.41, 5.74) is 0.0499. The Balaban J connectivity index is 1.78. The molecule has 5 nitrogen and oxygen atoms in total. The van der Waals surface area contributed by atoms with Crippen molar-refractivity contribution in [3.05, 3.63) is 23.8 Å². The Labute approximate surface area is 157 Å². The molecule has 0 radical (unpaired) electrons. The van der Waals surface area contributed by atoms with Gasteiger partial charge in [0.05, 0.1) is 36.7 Å². The van der Waals surface area contributed by atoms with E-state index in [1.54, 1.807) is 0 Å². The van der Waals surface area contributed by atoms with Crippen LogP contribution in [0.2, 0.25) is 0 Å². The minimum atomic E-state index is -4.45. The van der Waals surface area contributed by atoms with Crippen molar-refractivity contribution in [1.29, 1.82) is 0 Å². The normalized spacial score (nSPS) is 21.9. The molecule has 1 aromatic carbocycles. The molecule has 1 N–H and O–H groups in total. The van der Waals surface area contributed by atoms with Gasteiger partial charge < -0.3 is 15.0 Å². The number of morpholine rings is 1. The summed E-state index contributed by atoms with van der Waals surface area (Å²) in [4.78, 5) is 16.6. The summed E-state index contributed by atoms with van der Waals surface area (Å²) in [6, 6.07) is 3.84. The maximum atomic E-state index is 13.1. The van der Waals surface area contributed by atoms with Crippen molar-refractivity contribution in [1.82, 2.24) is 4.90 Å². The monoisotopic (exact) mass is 385 g/mol. The molecular formula is C19H26F3N3O2. The van der Waals surface area contributed by atoms with Crippen molar-refractivity contribution >= 4 is 17.3 Å². The molecule has 0 spiro atoms. The Hall–Kier alpha value is -1.80. The summed E-state index contributed by atoms with van der Waals surface area (Å²) in [6.07, 6.45) is -1.23. The van der Waals surface area contributed by atoms with Gasteiger partial charge in [0.2, 0.25) is 5.91 Å². The first-order valence-corrected chi connectivity index (χ1v) is 9.42. The largest absolute Gasteiger partial charge is 0.416 e. The molecule has 0 unspecified atom stereocenters. The van der Waals surface area contributed by atoms with E-state index in [4.69, 9.17) is 4.74 Å². The molecule has 0 aromatic heterocycles. The van der Waals surface area contributed by atoms with Crippen molar-refractivity contribution in [3.63, 3.8) is 0 Å². The number of carbonyl (C=O) groups excluding carboxylic acids is 1. The van der Waals surface area contributed by atoms with Crippen molar-refractivity contribution in [3.8, 4) is 0 Å². The standard InChI is InChI=1S/C19H26F3N3O2/c1-14-4-2-3-7-25(14)13-18(26)23-16-12-15(19(20,21)22)5-6-17(16)24-8-10-27-11-9-24/h5-6,12,14H,2-4,7-11,13H2,1H3,(H,23,26)/t14-/m0/s1. The molecule has 0 saturated carbocycles. The number of piperidine rings is 1. The molecule has 1 aromatic rings. The van der Waals surface area contributed by atoms with Crippen LogP contribution in [0.3, 0.4) is 0 Å². The van der Waals surface area contributed by atoms with Gasteiger partial charge in [0.25, 0.3) is 0 Å². The van der Waals surface area contributed by atoms with Crippen molar-refractivity contribution in [2.45, 2.75) is 38.4 Å². The quantitative estimate of drug-likeness (QED) is 0.863. The second-order valence-corrected chi connectivity index (χ2v) is 7.19.